The van der Waals surface area contributed by atoms with Crippen LogP contribution in [0.2, 0.25) is 10.0 Å². The Morgan fingerprint density at radius 1 is 1.00 bits per heavy atom. The maximum atomic E-state index is 13.0. The number of carbonyl (C=O) groups is 1. The first kappa shape index (κ1) is 27.6. The molecule has 1 heterocycles. The molecular weight excluding hydrogens is 564 g/mol. The Labute approximate surface area is 229 Å². The van der Waals surface area contributed by atoms with Gasteiger partial charge in [-0.2, -0.15) is 13.2 Å². The minimum Gasteiger partial charge on any atom is -0.497 e. The van der Waals surface area contributed by atoms with Gasteiger partial charge in [0.05, 0.1) is 29.1 Å². The summed E-state index contributed by atoms with van der Waals surface area (Å²) in [6, 6.07) is 16.6. The van der Waals surface area contributed by atoms with Crippen molar-refractivity contribution < 1.29 is 27.4 Å². The van der Waals surface area contributed by atoms with E-state index >= 15 is 0 Å². The molecule has 1 aromatic heterocycles. The summed E-state index contributed by atoms with van der Waals surface area (Å²) in [5.41, 5.74) is -0.371. The van der Waals surface area contributed by atoms with Crippen LogP contribution in [0.5, 0.6) is 11.5 Å². The predicted molar refractivity (Wildman–Crippen MR) is 140 cm³/mol. The first-order valence-corrected chi connectivity index (χ1v) is 12.6. The van der Waals surface area contributed by atoms with Crippen LogP contribution in [0.4, 0.5) is 18.9 Å². The Bertz CT molecular complexity index is 1420. The smallest absolute Gasteiger partial charge is 0.416 e. The SMILES string of the molecule is COc1ccc(-n2c(COc3ccc(Cl)cc3)nnc2SCC(=O)Nc2cc(C(F)(F)F)ccc2Cl)cc1. The number of amides is 1. The number of ether oxygens (including phenoxy) is 2. The minimum absolute atomic E-state index is 0.0145. The molecule has 4 aromatic rings. The van der Waals surface area contributed by atoms with Crippen molar-refractivity contribution in [2.24, 2.45) is 0 Å². The van der Waals surface area contributed by atoms with E-state index in [2.05, 4.69) is 15.5 Å². The molecule has 4 rings (SSSR count). The molecule has 7 nitrogen and oxygen atoms in total. The number of aromatic nitrogens is 3. The third-order valence-electron chi connectivity index (χ3n) is 5.11. The summed E-state index contributed by atoms with van der Waals surface area (Å²) < 4.78 is 51.9. The Morgan fingerprint density at radius 3 is 2.34 bits per heavy atom. The van der Waals surface area contributed by atoms with Crippen LogP contribution >= 0.6 is 35.0 Å². The fourth-order valence-electron chi connectivity index (χ4n) is 3.27. The standard InChI is InChI=1S/C25H19Cl2F3N4O3S/c1-36-18-9-5-17(6-10-18)34-22(13-37-19-7-3-16(26)4-8-19)32-33-24(34)38-14-23(35)31-21-12-15(25(28,29)30)2-11-20(21)27/h2-12H,13-14H2,1H3,(H,31,35). The number of rotatable bonds is 9. The van der Waals surface area contributed by atoms with Crippen molar-refractivity contribution in [3.63, 3.8) is 0 Å². The highest BCUT2D eigenvalue weighted by atomic mass is 35.5. The van der Waals surface area contributed by atoms with Gasteiger partial charge in [0.25, 0.3) is 0 Å². The zero-order chi connectivity index (χ0) is 27.3. The van der Waals surface area contributed by atoms with Crippen molar-refractivity contribution in [2.45, 2.75) is 17.9 Å². The van der Waals surface area contributed by atoms with Crippen LogP contribution in [0.1, 0.15) is 11.4 Å². The van der Waals surface area contributed by atoms with Gasteiger partial charge in [0.2, 0.25) is 5.91 Å². The van der Waals surface area contributed by atoms with E-state index in [1.54, 1.807) is 60.2 Å². The average Bonchev–Trinajstić information content (AvgIpc) is 3.30. The van der Waals surface area contributed by atoms with Gasteiger partial charge in [-0.1, -0.05) is 35.0 Å². The number of thioether (sulfide) groups is 1. The van der Waals surface area contributed by atoms with E-state index in [-0.39, 0.29) is 23.1 Å². The number of alkyl halides is 3. The number of carbonyl (C=O) groups excluding carboxylic acids is 1. The summed E-state index contributed by atoms with van der Waals surface area (Å²) >= 11 is 13.0. The average molecular weight is 583 g/mol. The number of benzene rings is 3. The quantitative estimate of drug-likeness (QED) is 0.216. The maximum Gasteiger partial charge on any atom is 0.416 e. The fourth-order valence-corrected chi connectivity index (χ4v) is 4.33. The van der Waals surface area contributed by atoms with E-state index in [1.165, 1.54) is 0 Å². The molecule has 0 bridgehead atoms. The number of anilines is 1. The highest BCUT2D eigenvalue weighted by Crippen LogP contribution is 2.34. The topological polar surface area (TPSA) is 78.3 Å². The molecule has 0 aliphatic carbocycles. The predicted octanol–water partition coefficient (Wildman–Crippen LogP) is 6.91. The Hall–Kier alpha value is -3.41. The third kappa shape index (κ3) is 6.91. The zero-order valence-corrected chi connectivity index (χ0v) is 22.0. The molecule has 1 N–H and O–H groups in total. The van der Waals surface area contributed by atoms with Crippen molar-refractivity contribution in [3.8, 4) is 17.2 Å². The number of hydrogen-bond acceptors (Lipinski definition) is 6. The van der Waals surface area contributed by atoms with Crippen LogP contribution in [0.15, 0.2) is 71.9 Å². The number of halogens is 5. The first-order valence-electron chi connectivity index (χ1n) is 10.9. The van der Waals surface area contributed by atoms with Gasteiger partial charge in [-0.05, 0) is 66.7 Å². The van der Waals surface area contributed by atoms with Crippen LogP contribution in [-0.4, -0.2) is 33.5 Å². The summed E-state index contributed by atoms with van der Waals surface area (Å²) in [5.74, 6) is 0.935. The molecule has 0 fully saturated rings. The van der Waals surface area contributed by atoms with Gasteiger partial charge in [-0.25, -0.2) is 0 Å². The number of hydrogen-bond donors (Lipinski definition) is 1. The summed E-state index contributed by atoms with van der Waals surface area (Å²) in [6.45, 7) is 0.0628. The van der Waals surface area contributed by atoms with Gasteiger partial charge in [0.1, 0.15) is 18.1 Å². The lowest BCUT2D eigenvalue weighted by molar-refractivity contribution is -0.137. The molecule has 0 unspecified atom stereocenters. The Morgan fingerprint density at radius 2 is 1.68 bits per heavy atom. The van der Waals surface area contributed by atoms with Gasteiger partial charge in [0.15, 0.2) is 11.0 Å². The van der Waals surface area contributed by atoms with Gasteiger partial charge in [0, 0.05) is 10.7 Å². The molecule has 0 saturated carbocycles. The van der Waals surface area contributed by atoms with E-state index in [4.69, 9.17) is 32.7 Å². The maximum absolute atomic E-state index is 13.0. The fraction of sp³-hybridized carbons (Fsp3) is 0.160. The van der Waals surface area contributed by atoms with Gasteiger partial charge in [-0.3, -0.25) is 9.36 Å². The van der Waals surface area contributed by atoms with Crippen LogP contribution in [0, 0.1) is 0 Å². The van der Waals surface area contributed by atoms with E-state index in [1.807, 2.05) is 0 Å². The van der Waals surface area contributed by atoms with Crippen molar-refractivity contribution >= 4 is 46.6 Å². The molecule has 198 valence electrons. The van der Waals surface area contributed by atoms with Crippen molar-refractivity contribution in [3.05, 3.63) is 88.2 Å². The van der Waals surface area contributed by atoms with Crippen molar-refractivity contribution in [2.75, 3.05) is 18.2 Å². The van der Waals surface area contributed by atoms with E-state index in [0.717, 1.165) is 30.0 Å². The highest BCUT2D eigenvalue weighted by Gasteiger charge is 2.31. The highest BCUT2D eigenvalue weighted by molar-refractivity contribution is 7.99. The Balaban J connectivity index is 1.52. The molecule has 13 heteroatoms. The molecule has 0 aliphatic rings. The Kier molecular flexibility index (Phi) is 8.70. The lowest BCUT2D eigenvalue weighted by atomic mass is 10.2. The van der Waals surface area contributed by atoms with E-state index < -0.39 is 17.6 Å². The monoisotopic (exact) mass is 582 g/mol. The molecular formula is C25H19Cl2F3N4O3S. The van der Waals surface area contributed by atoms with Crippen LogP contribution in [0.25, 0.3) is 5.69 Å². The number of nitrogens with one attached hydrogen (secondary N) is 1. The second-order valence-corrected chi connectivity index (χ2v) is 9.49. The van der Waals surface area contributed by atoms with Crippen molar-refractivity contribution in [1.82, 2.24) is 14.8 Å². The molecule has 0 aliphatic heterocycles. The summed E-state index contributed by atoms with van der Waals surface area (Å²) in [7, 11) is 1.55. The summed E-state index contributed by atoms with van der Waals surface area (Å²) in [4.78, 5) is 12.6. The van der Waals surface area contributed by atoms with E-state index in [0.29, 0.717) is 33.2 Å². The van der Waals surface area contributed by atoms with Gasteiger partial charge >= 0.3 is 6.18 Å². The first-order chi connectivity index (χ1) is 18.1. The lowest BCUT2D eigenvalue weighted by Crippen LogP contribution is -2.16. The third-order valence-corrected chi connectivity index (χ3v) is 6.62. The second-order valence-electron chi connectivity index (χ2n) is 7.70. The van der Waals surface area contributed by atoms with Crippen LogP contribution in [0.3, 0.4) is 0 Å². The number of nitrogens with zero attached hydrogens (tertiary/aromatic N) is 3. The largest absolute Gasteiger partial charge is 0.497 e. The van der Waals surface area contributed by atoms with Crippen molar-refractivity contribution in [1.29, 1.82) is 0 Å². The van der Waals surface area contributed by atoms with Crippen LogP contribution in [-0.2, 0) is 17.6 Å². The summed E-state index contributed by atoms with van der Waals surface area (Å²) in [6.07, 6.45) is -4.57. The summed E-state index contributed by atoms with van der Waals surface area (Å²) in [5, 5.41) is 11.8. The lowest BCUT2D eigenvalue weighted by Gasteiger charge is -2.13. The molecule has 0 radical (unpaired) electrons. The molecule has 1 amide bonds. The zero-order valence-electron chi connectivity index (χ0n) is 19.6. The van der Waals surface area contributed by atoms with Crippen LogP contribution < -0.4 is 14.8 Å². The van der Waals surface area contributed by atoms with Gasteiger partial charge in [-0.15, -0.1) is 10.2 Å². The van der Waals surface area contributed by atoms with Gasteiger partial charge < -0.3 is 14.8 Å². The molecule has 38 heavy (non-hydrogen) atoms. The second kappa shape index (κ2) is 12.0. The molecule has 0 saturated heterocycles. The number of methoxy groups -OCH3 is 1. The van der Waals surface area contributed by atoms with E-state index in [9.17, 15) is 18.0 Å². The molecule has 0 spiro atoms. The molecule has 0 atom stereocenters. The molecule has 3 aromatic carbocycles. The minimum atomic E-state index is -4.57. The normalized spacial score (nSPS) is 11.3.